The largest absolute Gasteiger partial charge is 0.491 e. The van der Waals surface area contributed by atoms with E-state index in [9.17, 15) is 0 Å². The molecule has 5 heteroatoms. The zero-order valence-corrected chi connectivity index (χ0v) is 21.5. The first-order chi connectivity index (χ1) is 15.0. The molecule has 0 amide bonds. The summed E-state index contributed by atoms with van der Waals surface area (Å²) in [7, 11) is 1.78. The van der Waals surface area contributed by atoms with E-state index in [1.807, 2.05) is 0 Å². The number of piperidine rings is 1. The van der Waals surface area contributed by atoms with Gasteiger partial charge in [-0.15, -0.1) is 0 Å². The number of ether oxygens (including phenoxy) is 2. The van der Waals surface area contributed by atoms with Gasteiger partial charge in [-0.3, -0.25) is 0 Å². The maximum Gasteiger partial charge on any atom is 0.120 e. The third kappa shape index (κ3) is 8.68. The van der Waals surface area contributed by atoms with Crippen molar-refractivity contribution in [1.82, 2.24) is 10.2 Å². The lowest BCUT2D eigenvalue weighted by Gasteiger charge is -2.34. The van der Waals surface area contributed by atoms with Crippen LogP contribution in [0.3, 0.4) is 0 Å². The van der Waals surface area contributed by atoms with E-state index >= 15 is 0 Å². The fourth-order valence-corrected chi connectivity index (χ4v) is 5.57. The monoisotopic (exact) mass is 494 g/mol. The third-order valence-electron chi connectivity index (χ3n) is 7.04. The van der Waals surface area contributed by atoms with Crippen molar-refractivity contribution in [1.29, 1.82) is 0 Å². The number of methoxy groups -OCH3 is 1. The Morgan fingerprint density at radius 2 is 1.81 bits per heavy atom. The summed E-state index contributed by atoms with van der Waals surface area (Å²) in [6.07, 6.45) is 10.9. The lowest BCUT2D eigenvalue weighted by atomic mass is 9.83. The fourth-order valence-electron chi connectivity index (χ4n) is 5.16. The average Bonchev–Trinajstić information content (AvgIpc) is 2.76. The maximum atomic E-state index is 5.90. The minimum Gasteiger partial charge on any atom is -0.491 e. The molecule has 1 heterocycles. The highest BCUT2D eigenvalue weighted by atomic mass is 79.9. The normalized spacial score (nSPS) is 23.4. The van der Waals surface area contributed by atoms with Crippen LogP contribution in [0.5, 0.6) is 5.75 Å². The quantitative estimate of drug-likeness (QED) is 0.401. The minimum atomic E-state index is 0.222. The molecule has 1 aliphatic heterocycles. The van der Waals surface area contributed by atoms with Crippen LogP contribution in [0.15, 0.2) is 22.7 Å². The summed E-state index contributed by atoms with van der Waals surface area (Å²) in [5.74, 6) is 2.71. The van der Waals surface area contributed by atoms with E-state index < -0.39 is 0 Å². The van der Waals surface area contributed by atoms with Crippen LogP contribution in [0.25, 0.3) is 0 Å². The third-order valence-corrected chi connectivity index (χ3v) is 7.82. The highest BCUT2D eigenvalue weighted by Crippen LogP contribution is 2.30. The van der Waals surface area contributed by atoms with E-state index in [1.165, 1.54) is 74.6 Å². The SMILES string of the molecule is COCCN[C@H]1CC[C@H](CCN2CCC(Cc3cc(OC(C)C)ccc3Br)CC2)CC1. The minimum absolute atomic E-state index is 0.222. The summed E-state index contributed by atoms with van der Waals surface area (Å²) in [5.41, 5.74) is 1.40. The lowest BCUT2D eigenvalue weighted by Crippen LogP contribution is -2.37. The first-order valence-corrected chi connectivity index (χ1v) is 13.2. The van der Waals surface area contributed by atoms with Gasteiger partial charge in [0, 0.05) is 24.2 Å². The van der Waals surface area contributed by atoms with E-state index in [0.29, 0.717) is 6.04 Å². The predicted octanol–water partition coefficient (Wildman–Crippen LogP) is 5.68. The number of nitrogens with one attached hydrogen (secondary N) is 1. The van der Waals surface area contributed by atoms with Crippen molar-refractivity contribution in [3.05, 3.63) is 28.2 Å². The molecule has 176 valence electrons. The standard InChI is InChI=1S/C26H43BrN2O2/c1-20(2)31-25-8-9-26(27)23(19-25)18-22-11-15-29(16-12-22)14-10-21-4-6-24(7-5-21)28-13-17-30-3/h8-9,19-22,24,28H,4-7,10-18H2,1-3H3/t21-,24-. The summed E-state index contributed by atoms with van der Waals surface area (Å²) in [5, 5.41) is 3.64. The van der Waals surface area contributed by atoms with Crippen LogP contribution in [0.1, 0.15) is 64.4 Å². The molecular formula is C26H43BrN2O2. The highest BCUT2D eigenvalue weighted by Gasteiger charge is 2.24. The van der Waals surface area contributed by atoms with Crippen LogP contribution >= 0.6 is 15.9 Å². The van der Waals surface area contributed by atoms with Crippen LogP contribution in [-0.2, 0) is 11.2 Å². The number of halogens is 1. The maximum absolute atomic E-state index is 5.90. The van der Waals surface area contributed by atoms with Crippen LogP contribution in [0.2, 0.25) is 0 Å². The van der Waals surface area contributed by atoms with Gasteiger partial charge < -0.3 is 19.7 Å². The Morgan fingerprint density at radius 3 is 2.48 bits per heavy atom. The Morgan fingerprint density at radius 1 is 1.06 bits per heavy atom. The molecule has 0 unspecified atom stereocenters. The summed E-state index contributed by atoms with van der Waals surface area (Å²) in [4.78, 5) is 2.72. The fraction of sp³-hybridized carbons (Fsp3) is 0.769. The summed E-state index contributed by atoms with van der Waals surface area (Å²) in [6, 6.07) is 7.16. The van der Waals surface area contributed by atoms with Crippen molar-refractivity contribution in [3.8, 4) is 5.75 Å². The molecule has 2 aliphatic rings. The molecule has 0 spiro atoms. The first kappa shape index (κ1) is 25.0. The summed E-state index contributed by atoms with van der Waals surface area (Å²) in [6.45, 7) is 9.81. The molecule has 1 aliphatic carbocycles. The van der Waals surface area contributed by atoms with Crippen molar-refractivity contribution in [2.24, 2.45) is 11.8 Å². The van der Waals surface area contributed by atoms with Crippen molar-refractivity contribution in [2.45, 2.75) is 77.4 Å². The van der Waals surface area contributed by atoms with Gasteiger partial charge in [0.15, 0.2) is 0 Å². The summed E-state index contributed by atoms with van der Waals surface area (Å²) >= 11 is 3.75. The average molecular weight is 496 g/mol. The molecule has 1 aromatic carbocycles. The van der Waals surface area contributed by atoms with Crippen molar-refractivity contribution in [3.63, 3.8) is 0 Å². The van der Waals surface area contributed by atoms with Crippen LogP contribution in [0, 0.1) is 11.8 Å². The Bertz CT molecular complexity index is 638. The highest BCUT2D eigenvalue weighted by molar-refractivity contribution is 9.10. The number of hydrogen-bond donors (Lipinski definition) is 1. The zero-order chi connectivity index (χ0) is 22.1. The second kappa shape index (κ2) is 13.2. The van der Waals surface area contributed by atoms with Gasteiger partial charge >= 0.3 is 0 Å². The van der Waals surface area contributed by atoms with Gasteiger partial charge in [0.25, 0.3) is 0 Å². The topological polar surface area (TPSA) is 33.7 Å². The molecule has 3 rings (SSSR count). The first-order valence-electron chi connectivity index (χ1n) is 12.4. The molecular weight excluding hydrogens is 452 g/mol. The van der Waals surface area contributed by atoms with Gasteiger partial charge in [0.2, 0.25) is 0 Å². The number of hydrogen-bond acceptors (Lipinski definition) is 4. The molecule has 4 nitrogen and oxygen atoms in total. The molecule has 1 aromatic rings. The second-order valence-corrected chi connectivity index (χ2v) is 10.7. The Hall–Kier alpha value is -0.620. The smallest absolute Gasteiger partial charge is 0.120 e. The molecule has 31 heavy (non-hydrogen) atoms. The number of likely N-dealkylation sites (tertiary alicyclic amines) is 1. The summed E-state index contributed by atoms with van der Waals surface area (Å²) < 4.78 is 12.3. The number of rotatable bonds is 11. The van der Waals surface area contributed by atoms with Gasteiger partial charge in [-0.25, -0.2) is 0 Å². The van der Waals surface area contributed by atoms with E-state index in [0.717, 1.165) is 37.2 Å². The van der Waals surface area contributed by atoms with Crippen molar-refractivity contribution < 1.29 is 9.47 Å². The van der Waals surface area contributed by atoms with Gasteiger partial charge in [-0.1, -0.05) is 15.9 Å². The van der Waals surface area contributed by atoms with Crippen LogP contribution in [0.4, 0.5) is 0 Å². The van der Waals surface area contributed by atoms with E-state index in [4.69, 9.17) is 9.47 Å². The van der Waals surface area contributed by atoms with Crippen molar-refractivity contribution in [2.75, 3.05) is 39.9 Å². The molecule has 0 aromatic heterocycles. The molecule has 1 saturated heterocycles. The molecule has 1 N–H and O–H groups in total. The molecule has 1 saturated carbocycles. The zero-order valence-electron chi connectivity index (χ0n) is 19.9. The molecule has 0 radical (unpaired) electrons. The van der Waals surface area contributed by atoms with Crippen molar-refractivity contribution >= 4 is 15.9 Å². The van der Waals surface area contributed by atoms with Gasteiger partial charge in [0.05, 0.1) is 12.7 Å². The molecule has 0 bridgehead atoms. The Labute approximate surface area is 198 Å². The van der Waals surface area contributed by atoms with E-state index in [2.05, 4.69) is 58.2 Å². The van der Waals surface area contributed by atoms with Gasteiger partial charge in [0.1, 0.15) is 5.75 Å². The number of benzene rings is 1. The predicted molar refractivity (Wildman–Crippen MR) is 133 cm³/mol. The Balaban J connectivity index is 1.33. The Kier molecular flexibility index (Phi) is 10.6. The van der Waals surface area contributed by atoms with E-state index in [1.54, 1.807) is 7.11 Å². The van der Waals surface area contributed by atoms with Gasteiger partial charge in [-0.2, -0.15) is 0 Å². The lowest BCUT2D eigenvalue weighted by molar-refractivity contribution is 0.160. The van der Waals surface area contributed by atoms with Crippen LogP contribution < -0.4 is 10.1 Å². The molecule has 0 atom stereocenters. The molecule has 2 fully saturated rings. The van der Waals surface area contributed by atoms with E-state index in [-0.39, 0.29) is 6.10 Å². The van der Waals surface area contributed by atoms with Gasteiger partial charge in [-0.05, 0) is 120 Å². The van der Waals surface area contributed by atoms with Crippen LogP contribution in [-0.4, -0.2) is 56.9 Å². The second-order valence-electron chi connectivity index (χ2n) is 9.86. The number of nitrogens with zero attached hydrogens (tertiary/aromatic N) is 1.